The fourth-order valence-electron chi connectivity index (χ4n) is 1.63. The summed E-state index contributed by atoms with van der Waals surface area (Å²) in [6, 6.07) is 0. The molecule has 0 aliphatic heterocycles. The van der Waals surface area contributed by atoms with Gasteiger partial charge in [0.05, 0.1) is 5.57 Å². The van der Waals surface area contributed by atoms with Gasteiger partial charge in [0, 0.05) is 0 Å². The van der Waals surface area contributed by atoms with Crippen molar-refractivity contribution in [1.29, 1.82) is 0 Å². The van der Waals surface area contributed by atoms with Gasteiger partial charge in [0.15, 0.2) is 0 Å². The van der Waals surface area contributed by atoms with E-state index >= 15 is 0 Å². The summed E-state index contributed by atoms with van der Waals surface area (Å²) in [6.07, 6.45) is 5.87. The van der Waals surface area contributed by atoms with Gasteiger partial charge in [-0.05, 0) is 30.1 Å². The topological polar surface area (TPSA) is 0 Å². The van der Waals surface area contributed by atoms with Crippen LogP contribution in [-0.2, 0) is 0 Å². The van der Waals surface area contributed by atoms with E-state index in [0.717, 1.165) is 0 Å². The van der Waals surface area contributed by atoms with E-state index in [9.17, 15) is 13.2 Å². The summed E-state index contributed by atoms with van der Waals surface area (Å²) in [5, 5.41) is 0. The quantitative estimate of drug-likeness (QED) is 0.603. The predicted molar refractivity (Wildman–Crippen MR) is 47.4 cm³/mol. The Morgan fingerprint density at radius 2 is 2.07 bits per heavy atom. The first-order valence-corrected chi connectivity index (χ1v) is 4.33. The fourth-order valence-corrected chi connectivity index (χ4v) is 1.63. The molecule has 1 radical (unpaired) electrons. The van der Waals surface area contributed by atoms with E-state index in [1.54, 1.807) is 12.2 Å². The van der Waals surface area contributed by atoms with Crippen molar-refractivity contribution in [3.63, 3.8) is 0 Å². The predicted octanol–water partition coefficient (Wildman–Crippen LogP) is 3.49. The second-order valence-corrected chi connectivity index (χ2v) is 3.20. The molecule has 0 aromatic rings. The lowest BCUT2D eigenvalue weighted by Crippen LogP contribution is -2.13. The largest absolute Gasteiger partial charge is 0.416 e. The summed E-state index contributed by atoms with van der Waals surface area (Å²) in [5.41, 5.74) is 0.418. The van der Waals surface area contributed by atoms with Gasteiger partial charge in [0.1, 0.15) is 0 Å². The Hall–Kier alpha value is -1.25. The zero-order chi connectivity index (χ0) is 10.2. The molecule has 0 saturated carbocycles. The minimum atomic E-state index is -4.25. The lowest BCUT2D eigenvalue weighted by atomic mass is 10.00. The molecule has 0 bridgehead atoms. The summed E-state index contributed by atoms with van der Waals surface area (Å²) in [5.74, 6) is 0. The molecule has 0 aromatic heterocycles. The van der Waals surface area contributed by atoms with E-state index < -0.39 is 11.7 Å². The van der Waals surface area contributed by atoms with Gasteiger partial charge in [0.25, 0.3) is 0 Å². The number of hydrogen-bond donors (Lipinski definition) is 0. The molecule has 0 spiro atoms. The highest BCUT2D eigenvalue weighted by Gasteiger charge is 2.38. The van der Waals surface area contributed by atoms with Crippen molar-refractivity contribution in [3.8, 4) is 0 Å². The minimum absolute atomic E-state index is 0.238. The molecule has 73 valence electrons. The third-order valence-corrected chi connectivity index (χ3v) is 2.25. The van der Waals surface area contributed by atoms with Crippen molar-refractivity contribution in [2.75, 3.05) is 0 Å². The van der Waals surface area contributed by atoms with Crippen LogP contribution in [0.15, 0.2) is 41.0 Å². The SMILES string of the molecule is FC(F)(F)C1=CC[C]=C1C1=CC=CC1. The van der Waals surface area contributed by atoms with Crippen molar-refractivity contribution in [1.82, 2.24) is 0 Å². The van der Waals surface area contributed by atoms with Gasteiger partial charge < -0.3 is 0 Å². The van der Waals surface area contributed by atoms with Crippen LogP contribution in [0.25, 0.3) is 0 Å². The van der Waals surface area contributed by atoms with E-state index in [2.05, 4.69) is 6.08 Å². The van der Waals surface area contributed by atoms with Crippen LogP contribution in [0.5, 0.6) is 0 Å². The maximum Gasteiger partial charge on any atom is 0.416 e. The molecule has 0 aromatic carbocycles. The van der Waals surface area contributed by atoms with Crippen molar-refractivity contribution in [3.05, 3.63) is 47.1 Å². The van der Waals surface area contributed by atoms with Gasteiger partial charge in [-0.3, -0.25) is 0 Å². The van der Waals surface area contributed by atoms with Crippen LogP contribution >= 0.6 is 0 Å². The van der Waals surface area contributed by atoms with Gasteiger partial charge in [-0.2, -0.15) is 13.2 Å². The summed E-state index contributed by atoms with van der Waals surface area (Å²) >= 11 is 0. The molecule has 2 aliphatic rings. The third kappa shape index (κ3) is 1.54. The zero-order valence-electron chi connectivity index (χ0n) is 7.36. The molecule has 0 nitrogen and oxygen atoms in total. The average molecular weight is 197 g/mol. The van der Waals surface area contributed by atoms with Crippen molar-refractivity contribution >= 4 is 0 Å². The van der Waals surface area contributed by atoms with Crippen LogP contribution in [0, 0.1) is 6.08 Å². The van der Waals surface area contributed by atoms with Crippen LogP contribution in [0.1, 0.15) is 12.8 Å². The van der Waals surface area contributed by atoms with Crippen LogP contribution < -0.4 is 0 Å². The average Bonchev–Trinajstić information content (AvgIpc) is 2.73. The van der Waals surface area contributed by atoms with E-state index in [-0.39, 0.29) is 12.0 Å². The van der Waals surface area contributed by atoms with Crippen LogP contribution in [0.2, 0.25) is 0 Å². The highest BCUT2D eigenvalue weighted by molar-refractivity contribution is 5.53. The number of halogens is 3. The second kappa shape index (κ2) is 3.15. The van der Waals surface area contributed by atoms with Gasteiger partial charge in [-0.1, -0.05) is 24.3 Å². The zero-order valence-corrected chi connectivity index (χ0v) is 7.36. The maximum atomic E-state index is 12.5. The molecule has 0 fully saturated rings. The molecule has 3 heteroatoms. The molecular weight excluding hydrogens is 189 g/mol. The normalized spacial score (nSPS) is 20.9. The molecule has 0 heterocycles. The van der Waals surface area contributed by atoms with Crippen LogP contribution in [0.3, 0.4) is 0 Å². The standard InChI is InChI=1S/C11H8F3/c12-11(13,14)10-7-3-6-9(10)8-4-1-2-5-8/h1-2,4,7H,3,5H2. The Labute approximate surface area is 80.1 Å². The van der Waals surface area contributed by atoms with E-state index in [4.69, 9.17) is 0 Å². The molecule has 0 saturated heterocycles. The molecule has 14 heavy (non-hydrogen) atoms. The first kappa shape index (κ1) is 9.31. The molecule has 0 N–H and O–H groups in total. The summed E-state index contributed by atoms with van der Waals surface area (Å²) < 4.78 is 37.5. The van der Waals surface area contributed by atoms with Gasteiger partial charge in [-0.25, -0.2) is 0 Å². The van der Waals surface area contributed by atoms with Gasteiger partial charge in [0.2, 0.25) is 0 Å². The number of alkyl halides is 3. The van der Waals surface area contributed by atoms with Crippen molar-refractivity contribution in [2.24, 2.45) is 0 Å². The Kier molecular flexibility index (Phi) is 2.10. The van der Waals surface area contributed by atoms with E-state index in [0.29, 0.717) is 12.0 Å². The Balaban J connectivity index is 2.26. The smallest absolute Gasteiger partial charge is 0.166 e. The van der Waals surface area contributed by atoms with Crippen LogP contribution in [0.4, 0.5) is 13.2 Å². The molecule has 0 atom stereocenters. The second-order valence-electron chi connectivity index (χ2n) is 3.20. The third-order valence-electron chi connectivity index (χ3n) is 2.25. The van der Waals surface area contributed by atoms with Crippen molar-refractivity contribution in [2.45, 2.75) is 19.0 Å². The first-order chi connectivity index (χ1) is 6.59. The minimum Gasteiger partial charge on any atom is -0.166 e. The molecule has 2 rings (SSSR count). The molecule has 0 unspecified atom stereocenters. The lowest BCUT2D eigenvalue weighted by Gasteiger charge is -2.12. The summed E-state index contributed by atoms with van der Waals surface area (Å²) in [7, 11) is 0. The van der Waals surface area contributed by atoms with Crippen LogP contribution in [-0.4, -0.2) is 6.18 Å². The maximum absolute atomic E-state index is 12.5. The van der Waals surface area contributed by atoms with Crippen molar-refractivity contribution < 1.29 is 13.2 Å². The Morgan fingerprint density at radius 1 is 1.29 bits per heavy atom. The fraction of sp³-hybridized carbons (Fsp3) is 0.273. The Bertz CT molecular complexity index is 364. The summed E-state index contributed by atoms with van der Waals surface area (Å²) in [6.45, 7) is 0. The van der Waals surface area contributed by atoms with E-state index in [1.165, 1.54) is 6.08 Å². The number of hydrogen-bond acceptors (Lipinski definition) is 0. The first-order valence-electron chi connectivity index (χ1n) is 4.33. The van der Waals surface area contributed by atoms with Gasteiger partial charge >= 0.3 is 6.18 Å². The highest BCUT2D eigenvalue weighted by Crippen LogP contribution is 2.39. The number of rotatable bonds is 1. The lowest BCUT2D eigenvalue weighted by molar-refractivity contribution is -0.0889. The van der Waals surface area contributed by atoms with Gasteiger partial charge in [-0.15, -0.1) is 0 Å². The molecule has 0 amide bonds. The number of allylic oxidation sites excluding steroid dienone is 8. The molecular formula is C11H8F3. The monoisotopic (exact) mass is 197 g/mol. The van der Waals surface area contributed by atoms with E-state index in [1.807, 2.05) is 6.08 Å². The highest BCUT2D eigenvalue weighted by atomic mass is 19.4. The summed E-state index contributed by atoms with van der Waals surface area (Å²) in [4.78, 5) is 0. The Morgan fingerprint density at radius 3 is 2.64 bits per heavy atom. The molecule has 2 aliphatic carbocycles.